The fourth-order valence-corrected chi connectivity index (χ4v) is 2.79. The SMILES string of the molecule is NC(CP(=O)(O)O)C1CCNC(C(=O)O)C1. The molecular formula is C8H17N2O5P. The molecule has 3 atom stereocenters. The van der Waals surface area contributed by atoms with E-state index in [0.717, 1.165) is 0 Å². The summed E-state index contributed by atoms with van der Waals surface area (Å²) in [6.07, 6.45) is 0.575. The van der Waals surface area contributed by atoms with E-state index in [1.807, 2.05) is 0 Å². The average molecular weight is 252 g/mol. The van der Waals surface area contributed by atoms with Crippen LogP contribution in [0.4, 0.5) is 0 Å². The van der Waals surface area contributed by atoms with E-state index in [-0.39, 0.29) is 12.1 Å². The minimum Gasteiger partial charge on any atom is -0.480 e. The summed E-state index contributed by atoms with van der Waals surface area (Å²) in [6.45, 7) is 0.510. The summed E-state index contributed by atoms with van der Waals surface area (Å²) in [4.78, 5) is 28.3. The first-order valence-corrected chi connectivity index (χ1v) is 6.85. The molecule has 0 spiro atoms. The van der Waals surface area contributed by atoms with Gasteiger partial charge in [0, 0.05) is 6.04 Å². The van der Waals surface area contributed by atoms with E-state index in [9.17, 15) is 9.36 Å². The van der Waals surface area contributed by atoms with Crippen molar-refractivity contribution in [2.24, 2.45) is 11.7 Å². The highest BCUT2D eigenvalue weighted by Gasteiger charge is 2.32. The predicted octanol–water partition coefficient (Wildman–Crippen LogP) is -1.06. The zero-order chi connectivity index (χ0) is 12.3. The Balaban J connectivity index is 2.53. The molecule has 7 nitrogen and oxygen atoms in total. The van der Waals surface area contributed by atoms with Crippen LogP contribution < -0.4 is 11.1 Å². The van der Waals surface area contributed by atoms with Crippen molar-refractivity contribution in [2.45, 2.75) is 24.9 Å². The van der Waals surface area contributed by atoms with E-state index in [4.69, 9.17) is 20.6 Å². The lowest BCUT2D eigenvalue weighted by atomic mass is 9.87. The number of carboxylic acids is 1. The van der Waals surface area contributed by atoms with E-state index < -0.39 is 25.6 Å². The molecule has 16 heavy (non-hydrogen) atoms. The van der Waals surface area contributed by atoms with Crippen molar-refractivity contribution in [2.75, 3.05) is 12.7 Å². The normalized spacial score (nSPS) is 28.7. The number of piperidine rings is 1. The summed E-state index contributed by atoms with van der Waals surface area (Å²) in [5, 5.41) is 11.6. The van der Waals surface area contributed by atoms with Gasteiger partial charge in [-0.15, -0.1) is 0 Å². The topological polar surface area (TPSA) is 133 Å². The highest BCUT2D eigenvalue weighted by atomic mass is 31.2. The molecule has 0 aromatic heterocycles. The van der Waals surface area contributed by atoms with Crippen LogP contribution in [0.2, 0.25) is 0 Å². The van der Waals surface area contributed by atoms with Crippen LogP contribution in [-0.4, -0.2) is 45.7 Å². The maximum Gasteiger partial charge on any atom is 0.327 e. The van der Waals surface area contributed by atoms with Gasteiger partial charge in [0.1, 0.15) is 6.04 Å². The number of nitrogens with two attached hydrogens (primary N) is 1. The van der Waals surface area contributed by atoms with Gasteiger partial charge in [0.2, 0.25) is 0 Å². The van der Waals surface area contributed by atoms with Crippen LogP contribution in [0.3, 0.4) is 0 Å². The second kappa shape index (κ2) is 5.25. The van der Waals surface area contributed by atoms with Gasteiger partial charge in [-0.1, -0.05) is 0 Å². The lowest BCUT2D eigenvalue weighted by molar-refractivity contribution is -0.140. The van der Waals surface area contributed by atoms with Crippen molar-refractivity contribution >= 4 is 13.6 Å². The van der Waals surface area contributed by atoms with Gasteiger partial charge in [-0.3, -0.25) is 9.36 Å². The molecule has 0 bridgehead atoms. The monoisotopic (exact) mass is 252 g/mol. The Morgan fingerprint density at radius 1 is 1.56 bits per heavy atom. The molecule has 1 heterocycles. The van der Waals surface area contributed by atoms with Crippen LogP contribution in [-0.2, 0) is 9.36 Å². The number of aliphatic carboxylic acids is 1. The van der Waals surface area contributed by atoms with Gasteiger partial charge >= 0.3 is 13.6 Å². The Morgan fingerprint density at radius 3 is 2.69 bits per heavy atom. The van der Waals surface area contributed by atoms with Crippen molar-refractivity contribution in [3.8, 4) is 0 Å². The number of nitrogens with one attached hydrogen (secondary N) is 1. The molecule has 0 aliphatic carbocycles. The number of carboxylic acid groups (broad SMARTS) is 1. The number of hydrogen-bond donors (Lipinski definition) is 5. The Hall–Kier alpha value is -0.460. The Morgan fingerprint density at radius 2 is 2.19 bits per heavy atom. The maximum absolute atomic E-state index is 10.8. The smallest absolute Gasteiger partial charge is 0.327 e. The van der Waals surface area contributed by atoms with Crippen LogP contribution in [0.5, 0.6) is 0 Å². The van der Waals surface area contributed by atoms with E-state index in [1.165, 1.54) is 0 Å². The summed E-state index contributed by atoms with van der Waals surface area (Å²) in [6, 6.07) is -1.31. The van der Waals surface area contributed by atoms with E-state index in [0.29, 0.717) is 19.4 Å². The molecule has 1 saturated heterocycles. The van der Waals surface area contributed by atoms with Gasteiger partial charge in [0.05, 0.1) is 6.16 Å². The standard InChI is InChI=1S/C8H17N2O5P/c9-6(4-16(13,14)15)5-1-2-10-7(3-5)8(11)12/h5-7,10H,1-4,9H2,(H,11,12)(H2,13,14,15). The second-order valence-electron chi connectivity index (χ2n) is 4.14. The molecule has 0 saturated carbocycles. The third-order valence-electron chi connectivity index (χ3n) is 2.80. The quantitative estimate of drug-likeness (QED) is 0.403. The van der Waals surface area contributed by atoms with E-state index >= 15 is 0 Å². The molecule has 1 aliphatic rings. The van der Waals surface area contributed by atoms with Crippen molar-refractivity contribution in [3.05, 3.63) is 0 Å². The van der Waals surface area contributed by atoms with E-state index in [1.54, 1.807) is 0 Å². The molecule has 0 radical (unpaired) electrons. The molecule has 1 rings (SSSR count). The first-order valence-electron chi connectivity index (χ1n) is 5.06. The fraction of sp³-hybridized carbons (Fsp3) is 0.875. The summed E-state index contributed by atoms with van der Waals surface area (Å²) < 4.78 is 10.8. The largest absolute Gasteiger partial charge is 0.480 e. The molecule has 0 aromatic rings. The summed E-state index contributed by atoms with van der Waals surface area (Å²) in [7, 11) is -4.12. The average Bonchev–Trinajstić information content (AvgIpc) is 2.15. The van der Waals surface area contributed by atoms with Gasteiger partial charge in [-0.2, -0.15) is 0 Å². The van der Waals surface area contributed by atoms with Crippen LogP contribution in [0, 0.1) is 5.92 Å². The third kappa shape index (κ3) is 4.19. The van der Waals surface area contributed by atoms with Crippen LogP contribution in [0.1, 0.15) is 12.8 Å². The third-order valence-corrected chi connectivity index (χ3v) is 3.69. The minimum absolute atomic E-state index is 0.157. The second-order valence-corrected chi connectivity index (χ2v) is 5.84. The molecule has 1 aliphatic heterocycles. The Bertz CT molecular complexity index is 305. The highest BCUT2D eigenvalue weighted by Crippen LogP contribution is 2.37. The van der Waals surface area contributed by atoms with Crippen molar-refractivity contribution in [1.82, 2.24) is 5.32 Å². The lowest BCUT2D eigenvalue weighted by Crippen LogP contribution is -2.48. The van der Waals surface area contributed by atoms with Gasteiger partial charge in [0.25, 0.3) is 0 Å². The number of rotatable bonds is 4. The summed E-state index contributed by atoms with van der Waals surface area (Å²) in [5.41, 5.74) is 5.68. The Kier molecular flexibility index (Phi) is 4.46. The number of hydrogen-bond acceptors (Lipinski definition) is 4. The van der Waals surface area contributed by atoms with Gasteiger partial charge in [-0.05, 0) is 25.3 Å². The fourth-order valence-electron chi connectivity index (χ4n) is 1.95. The molecule has 1 fully saturated rings. The predicted molar refractivity (Wildman–Crippen MR) is 57.0 cm³/mol. The van der Waals surface area contributed by atoms with Gasteiger partial charge in [-0.25, -0.2) is 0 Å². The molecule has 0 aromatic carbocycles. The molecule has 8 heteroatoms. The Labute approximate surface area is 93.2 Å². The summed E-state index contributed by atoms with van der Waals surface area (Å²) in [5.74, 6) is -1.11. The molecular weight excluding hydrogens is 235 g/mol. The van der Waals surface area contributed by atoms with Crippen molar-refractivity contribution < 1.29 is 24.3 Å². The molecule has 94 valence electrons. The van der Waals surface area contributed by atoms with Crippen molar-refractivity contribution in [3.63, 3.8) is 0 Å². The van der Waals surface area contributed by atoms with E-state index in [2.05, 4.69) is 5.32 Å². The first-order chi connectivity index (χ1) is 7.29. The minimum atomic E-state index is -4.12. The van der Waals surface area contributed by atoms with Gasteiger partial charge in [0.15, 0.2) is 0 Å². The van der Waals surface area contributed by atoms with Crippen LogP contribution in [0.15, 0.2) is 0 Å². The molecule has 0 amide bonds. The maximum atomic E-state index is 10.8. The zero-order valence-electron chi connectivity index (χ0n) is 8.74. The van der Waals surface area contributed by atoms with Crippen LogP contribution >= 0.6 is 7.60 Å². The molecule has 3 unspecified atom stereocenters. The lowest BCUT2D eigenvalue weighted by Gasteiger charge is -2.31. The van der Waals surface area contributed by atoms with Crippen molar-refractivity contribution in [1.29, 1.82) is 0 Å². The summed E-state index contributed by atoms with van der Waals surface area (Å²) >= 11 is 0. The number of carbonyl (C=O) groups is 1. The molecule has 6 N–H and O–H groups in total. The first kappa shape index (κ1) is 13.6. The van der Waals surface area contributed by atoms with Gasteiger partial charge < -0.3 is 25.9 Å². The zero-order valence-corrected chi connectivity index (χ0v) is 9.64. The highest BCUT2D eigenvalue weighted by molar-refractivity contribution is 7.51. The van der Waals surface area contributed by atoms with Crippen LogP contribution in [0.25, 0.3) is 0 Å².